The summed E-state index contributed by atoms with van der Waals surface area (Å²) in [6.45, 7) is 4.77. The van der Waals surface area contributed by atoms with E-state index < -0.39 is 17.2 Å². The van der Waals surface area contributed by atoms with Crippen molar-refractivity contribution < 1.29 is 14.4 Å². The van der Waals surface area contributed by atoms with Gasteiger partial charge >= 0.3 is 0 Å². The summed E-state index contributed by atoms with van der Waals surface area (Å²) in [5, 5.41) is 0. The smallest absolute Gasteiger partial charge is 0.290 e. The van der Waals surface area contributed by atoms with Gasteiger partial charge in [0, 0.05) is 24.2 Å². The fourth-order valence-corrected chi connectivity index (χ4v) is 3.30. The van der Waals surface area contributed by atoms with Crippen LogP contribution < -0.4 is 5.56 Å². The zero-order chi connectivity index (χ0) is 22.4. The highest BCUT2D eigenvalue weighted by atomic mass is 16.2. The molecule has 31 heavy (non-hydrogen) atoms. The Morgan fingerprint density at radius 2 is 1.74 bits per heavy atom. The molecule has 7 nitrogen and oxygen atoms in total. The second kappa shape index (κ2) is 9.93. The van der Waals surface area contributed by atoms with Gasteiger partial charge in [-0.25, -0.2) is 4.98 Å². The van der Waals surface area contributed by atoms with Crippen LogP contribution >= 0.6 is 0 Å². The van der Waals surface area contributed by atoms with E-state index in [0.29, 0.717) is 35.2 Å². The molecule has 0 spiro atoms. The van der Waals surface area contributed by atoms with Crippen LogP contribution in [-0.2, 0) is 16.0 Å². The minimum Gasteiger partial charge on any atom is -0.336 e. The molecule has 0 aliphatic heterocycles. The van der Waals surface area contributed by atoms with Gasteiger partial charge in [-0.05, 0) is 31.5 Å². The Balaban J connectivity index is 1.83. The Morgan fingerprint density at radius 3 is 2.42 bits per heavy atom. The Hall–Kier alpha value is -3.61. The summed E-state index contributed by atoms with van der Waals surface area (Å²) < 4.78 is 0. The van der Waals surface area contributed by atoms with Crippen LogP contribution in [0.25, 0.3) is 11.0 Å². The number of hydrogen-bond acceptors (Lipinski definition) is 5. The Bertz CT molecular complexity index is 1170. The van der Waals surface area contributed by atoms with Crippen molar-refractivity contribution in [2.45, 2.75) is 33.1 Å². The van der Waals surface area contributed by atoms with Crippen LogP contribution in [0.2, 0.25) is 0 Å². The van der Waals surface area contributed by atoms with E-state index in [1.807, 2.05) is 19.9 Å². The third-order valence-corrected chi connectivity index (χ3v) is 5.08. The molecule has 0 radical (unpaired) electrons. The Morgan fingerprint density at radius 1 is 1.00 bits per heavy atom. The van der Waals surface area contributed by atoms with Crippen LogP contribution in [0.15, 0.2) is 53.3 Å². The number of aromatic amines is 1. The average Bonchev–Trinajstić information content (AvgIpc) is 2.79. The Kier molecular flexibility index (Phi) is 7.07. The number of nitrogens with zero attached hydrogens (tertiary/aromatic N) is 2. The van der Waals surface area contributed by atoms with Crippen molar-refractivity contribution >= 4 is 28.5 Å². The molecule has 1 N–H and O–H groups in total. The van der Waals surface area contributed by atoms with Crippen LogP contribution in [0.4, 0.5) is 0 Å². The van der Waals surface area contributed by atoms with Gasteiger partial charge in [0.15, 0.2) is 5.78 Å². The second-order valence-corrected chi connectivity index (χ2v) is 7.28. The summed E-state index contributed by atoms with van der Waals surface area (Å²) in [7, 11) is 0. The van der Waals surface area contributed by atoms with Crippen LogP contribution in [-0.4, -0.2) is 45.4 Å². The molecule has 1 heterocycles. The number of nitrogens with one attached hydrogen (secondary N) is 1. The summed E-state index contributed by atoms with van der Waals surface area (Å²) in [5.41, 5.74) is 1.24. The topological polar surface area (TPSA) is 100 Å². The molecular formula is C24H25N3O4. The van der Waals surface area contributed by atoms with E-state index in [4.69, 9.17) is 0 Å². The third-order valence-electron chi connectivity index (χ3n) is 5.08. The molecule has 1 aromatic heterocycles. The molecule has 160 valence electrons. The number of likely N-dealkylation sites (N-methyl/N-ethyl adjacent to an activating group) is 1. The highest BCUT2D eigenvalue weighted by Gasteiger charge is 2.22. The SMILES string of the molecule is CCCCN(CC)C(=O)C(=O)Cc1nc2ccc(C(=O)c3ccccc3)cc2[nH]c1=O. The zero-order valence-corrected chi connectivity index (χ0v) is 17.7. The Labute approximate surface area is 180 Å². The molecular weight excluding hydrogens is 394 g/mol. The molecule has 0 fully saturated rings. The number of fused-ring (bicyclic) bond motifs is 1. The fraction of sp³-hybridized carbons (Fsp3) is 0.292. The van der Waals surface area contributed by atoms with Crippen molar-refractivity contribution in [1.82, 2.24) is 14.9 Å². The maximum atomic E-state index is 12.6. The first-order chi connectivity index (χ1) is 14.9. The van der Waals surface area contributed by atoms with E-state index in [9.17, 15) is 19.2 Å². The lowest BCUT2D eigenvalue weighted by molar-refractivity contribution is -0.144. The van der Waals surface area contributed by atoms with Gasteiger partial charge in [-0.1, -0.05) is 43.7 Å². The minimum absolute atomic E-state index is 0.0143. The summed E-state index contributed by atoms with van der Waals surface area (Å²) in [6, 6.07) is 13.7. The fourth-order valence-electron chi connectivity index (χ4n) is 3.30. The van der Waals surface area contributed by atoms with Crippen molar-refractivity contribution in [3.8, 4) is 0 Å². The van der Waals surface area contributed by atoms with Crippen LogP contribution in [0.5, 0.6) is 0 Å². The molecule has 0 unspecified atom stereocenters. The van der Waals surface area contributed by atoms with Gasteiger partial charge in [0.25, 0.3) is 11.5 Å². The minimum atomic E-state index is -0.661. The number of H-pyrrole nitrogens is 1. The van der Waals surface area contributed by atoms with Crippen LogP contribution in [0.3, 0.4) is 0 Å². The van der Waals surface area contributed by atoms with Gasteiger partial charge in [0.05, 0.1) is 17.5 Å². The van der Waals surface area contributed by atoms with Crippen molar-refractivity contribution in [2.24, 2.45) is 0 Å². The summed E-state index contributed by atoms with van der Waals surface area (Å²) >= 11 is 0. The number of carbonyl (C=O) groups excluding carboxylic acids is 3. The lowest BCUT2D eigenvalue weighted by atomic mass is 10.0. The van der Waals surface area contributed by atoms with Gasteiger partial charge in [0.1, 0.15) is 5.69 Å². The van der Waals surface area contributed by atoms with E-state index in [0.717, 1.165) is 12.8 Å². The molecule has 7 heteroatoms. The van der Waals surface area contributed by atoms with E-state index in [-0.39, 0.29) is 17.9 Å². The number of amides is 1. The molecule has 1 amide bonds. The first kappa shape index (κ1) is 22.1. The number of Topliss-reactive ketones (excluding diaryl/α,β-unsaturated/α-hetero) is 1. The van der Waals surface area contributed by atoms with Gasteiger partial charge in [0.2, 0.25) is 5.78 Å². The van der Waals surface area contributed by atoms with Gasteiger partial charge in [-0.2, -0.15) is 0 Å². The number of rotatable bonds is 9. The normalized spacial score (nSPS) is 10.8. The van der Waals surface area contributed by atoms with E-state index in [1.165, 1.54) is 4.90 Å². The van der Waals surface area contributed by atoms with E-state index in [1.54, 1.807) is 42.5 Å². The molecule has 0 saturated carbocycles. The van der Waals surface area contributed by atoms with Crippen molar-refractivity contribution in [3.63, 3.8) is 0 Å². The highest BCUT2D eigenvalue weighted by molar-refractivity contribution is 6.36. The maximum absolute atomic E-state index is 12.6. The number of hydrogen-bond donors (Lipinski definition) is 1. The molecule has 0 aliphatic carbocycles. The van der Waals surface area contributed by atoms with Crippen molar-refractivity contribution in [2.75, 3.05) is 13.1 Å². The average molecular weight is 419 g/mol. The highest BCUT2D eigenvalue weighted by Crippen LogP contribution is 2.15. The summed E-state index contributed by atoms with van der Waals surface area (Å²) in [5.74, 6) is -1.42. The second-order valence-electron chi connectivity index (χ2n) is 7.28. The number of ketones is 2. The number of unbranched alkanes of at least 4 members (excludes halogenated alkanes) is 1. The van der Waals surface area contributed by atoms with E-state index >= 15 is 0 Å². The summed E-state index contributed by atoms with van der Waals surface area (Å²) in [4.78, 5) is 58.4. The third kappa shape index (κ3) is 5.12. The largest absolute Gasteiger partial charge is 0.336 e. The number of carbonyl (C=O) groups is 3. The maximum Gasteiger partial charge on any atom is 0.290 e. The molecule has 2 aromatic carbocycles. The predicted molar refractivity (Wildman–Crippen MR) is 118 cm³/mol. The number of benzene rings is 2. The van der Waals surface area contributed by atoms with Crippen LogP contribution in [0.1, 0.15) is 48.3 Å². The quantitative estimate of drug-likeness (QED) is 0.425. The standard InChI is InChI=1S/C24H25N3O4/c1-3-5-13-27(4-2)24(31)21(28)15-20-23(30)26-19-14-17(11-12-18(19)25-20)22(29)16-9-7-6-8-10-16/h6-12,14H,3-5,13,15H2,1-2H3,(H,26,30). The molecule has 0 aliphatic rings. The lowest BCUT2D eigenvalue weighted by Crippen LogP contribution is -2.38. The first-order valence-corrected chi connectivity index (χ1v) is 10.4. The van der Waals surface area contributed by atoms with Crippen molar-refractivity contribution in [1.29, 1.82) is 0 Å². The number of aromatic nitrogens is 2. The molecule has 0 atom stereocenters. The van der Waals surface area contributed by atoms with Gasteiger partial charge in [-0.3, -0.25) is 19.2 Å². The summed E-state index contributed by atoms with van der Waals surface area (Å²) in [6.07, 6.45) is 1.36. The molecule has 3 aromatic rings. The molecule has 0 bridgehead atoms. The van der Waals surface area contributed by atoms with Gasteiger partial charge < -0.3 is 9.88 Å². The van der Waals surface area contributed by atoms with Crippen molar-refractivity contribution in [3.05, 3.63) is 75.7 Å². The predicted octanol–water partition coefficient (Wildman–Crippen LogP) is 2.91. The van der Waals surface area contributed by atoms with E-state index in [2.05, 4.69) is 9.97 Å². The first-order valence-electron chi connectivity index (χ1n) is 10.4. The lowest BCUT2D eigenvalue weighted by Gasteiger charge is -2.19. The van der Waals surface area contributed by atoms with Gasteiger partial charge in [-0.15, -0.1) is 0 Å². The monoisotopic (exact) mass is 419 g/mol. The molecule has 3 rings (SSSR count). The molecule has 0 saturated heterocycles. The van der Waals surface area contributed by atoms with Crippen LogP contribution in [0, 0.1) is 0 Å². The zero-order valence-electron chi connectivity index (χ0n) is 17.7.